The number of nitrogens with one attached hydrogen (secondary N) is 4. The van der Waals surface area contributed by atoms with Gasteiger partial charge in [-0.1, -0.05) is 18.2 Å². The molecule has 2 aromatic carbocycles. The molecule has 3 aromatic rings. The van der Waals surface area contributed by atoms with E-state index in [0.717, 1.165) is 11.3 Å². The van der Waals surface area contributed by atoms with E-state index >= 15 is 0 Å². The Hall–Kier alpha value is -3.29. The molecule has 32 heavy (non-hydrogen) atoms. The van der Waals surface area contributed by atoms with Crippen molar-refractivity contribution in [2.24, 2.45) is 0 Å². The number of halogens is 2. The van der Waals surface area contributed by atoms with Crippen LogP contribution in [0.1, 0.15) is 10.4 Å². The zero-order valence-electron chi connectivity index (χ0n) is 16.0. The SMILES string of the molecule is O=C(NNC(=S)Nc1ccc(OC(F)F)cc1)c1ccccc1NS(=O)(=O)c1cccs1. The molecule has 0 saturated heterocycles. The maximum atomic E-state index is 12.6. The molecule has 0 fully saturated rings. The van der Waals surface area contributed by atoms with Crippen molar-refractivity contribution in [2.45, 2.75) is 10.8 Å². The summed E-state index contributed by atoms with van der Waals surface area (Å²) in [6.07, 6.45) is 0. The van der Waals surface area contributed by atoms with Crippen molar-refractivity contribution in [1.29, 1.82) is 0 Å². The smallest absolute Gasteiger partial charge is 0.387 e. The number of benzene rings is 2. The molecule has 0 unspecified atom stereocenters. The molecule has 3 rings (SSSR count). The lowest BCUT2D eigenvalue weighted by Gasteiger charge is -2.14. The van der Waals surface area contributed by atoms with Gasteiger partial charge in [-0.15, -0.1) is 11.3 Å². The number of rotatable bonds is 7. The Morgan fingerprint density at radius 1 is 1.00 bits per heavy atom. The van der Waals surface area contributed by atoms with Gasteiger partial charge >= 0.3 is 6.61 Å². The van der Waals surface area contributed by atoms with Crippen molar-refractivity contribution in [1.82, 2.24) is 10.9 Å². The quantitative estimate of drug-likeness (QED) is 0.290. The van der Waals surface area contributed by atoms with Crippen molar-refractivity contribution in [3.63, 3.8) is 0 Å². The Labute approximate surface area is 191 Å². The number of sulfonamides is 1. The zero-order valence-corrected chi connectivity index (χ0v) is 18.5. The molecule has 0 spiro atoms. The average Bonchev–Trinajstić information content (AvgIpc) is 3.29. The lowest BCUT2D eigenvalue weighted by molar-refractivity contribution is -0.0498. The van der Waals surface area contributed by atoms with Crippen molar-refractivity contribution < 1.29 is 26.7 Å². The Morgan fingerprint density at radius 2 is 1.72 bits per heavy atom. The first-order valence-electron chi connectivity index (χ1n) is 8.82. The molecule has 0 atom stereocenters. The summed E-state index contributed by atoms with van der Waals surface area (Å²) in [4.78, 5) is 12.6. The molecular weight excluding hydrogens is 482 g/mol. The maximum absolute atomic E-state index is 12.6. The number of amides is 1. The van der Waals surface area contributed by atoms with Crippen LogP contribution in [0, 0.1) is 0 Å². The molecule has 1 aromatic heterocycles. The van der Waals surface area contributed by atoms with Crippen molar-refractivity contribution >= 4 is 56.0 Å². The summed E-state index contributed by atoms with van der Waals surface area (Å²) >= 11 is 6.13. The summed E-state index contributed by atoms with van der Waals surface area (Å²) in [5, 5.41) is 4.39. The molecule has 0 aliphatic rings. The Balaban J connectivity index is 1.60. The number of anilines is 2. The van der Waals surface area contributed by atoms with Crippen LogP contribution < -0.4 is 25.6 Å². The van der Waals surface area contributed by atoms with E-state index in [9.17, 15) is 22.0 Å². The van der Waals surface area contributed by atoms with Crippen molar-refractivity contribution in [3.8, 4) is 5.75 Å². The van der Waals surface area contributed by atoms with Gasteiger partial charge in [0.15, 0.2) is 5.11 Å². The van der Waals surface area contributed by atoms with Gasteiger partial charge in [0.1, 0.15) is 9.96 Å². The minimum Gasteiger partial charge on any atom is -0.435 e. The molecule has 0 saturated carbocycles. The first-order valence-corrected chi connectivity index (χ1v) is 11.6. The summed E-state index contributed by atoms with van der Waals surface area (Å²) in [6.45, 7) is -2.93. The molecule has 0 aliphatic heterocycles. The van der Waals surface area contributed by atoms with Gasteiger partial charge in [0.05, 0.1) is 11.3 Å². The number of ether oxygens (including phenoxy) is 1. The second-order valence-corrected chi connectivity index (χ2v) is 9.28. The van der Waals surface area contributed by atoms with Gasteiger partial charge in [-0.25, -0.2) is 8.42 Å². The normalized spacial score (nSPS) is 11.0. The monoisotopic (exact) mass is 498 g/mol. The van der Waals surface area contributed by atoms with E-state index in [0.29, 0.717) is 5.69 Å². The number of hydrogen-bond acceptors (Lipinski definition) is 6. The largest absolute Gasteiger partial charge is 0.435 e. The van der Waals surface area contributed by atoms with E-state index in [-0.39, 0.29) is 26.3 Å². The third-order valence-electron chi connectivity index (χ3n) is 3.80. The number of hydrazine groups is 1. The predicted octanol–water partition coefficient (Wildman–Crippen LogP) is 3.78. The molecule has 0 aliphatic carbocycles. The Morgan fingerprint density at radius 3 is 2.38 bits per heavy atom. The van der Waals surface area contributed by atoms with E-state index in [4.69, 9.17) is 12.2 Å². The fraction of sp³-hybridized carbons (Fsp3) is 0.0526. The first kappa shape index (κ1) is 23.4. The topological polar surface area (TPSA) is 109 Å². The molecule has 1 heterocycles. The molecule has 0 bridgehead atoms. The van der Waals surface area contributed by atoms with Gasteiger partial charge in [0.2, 0.25) is 0 Å². The highest BCUT2D eigenvalue weighted by molar-refractivity contribution is 7.94. The van der Waals surface area contributed by atoms with Crippen LogP contribution in [0.5, 0.6) is 5.75 Å². The standard InChI is InChI=1S/C19H16F2N4O4S3/c20-18(21)29-13-9-7-12(8-10-13)22-19(30)24-23-17(26)14-4-1-2-5-15(14)25-32(27,28)16-6-3-11-31-16/h1-11,18,25H,(H,23,26)(H2,22,24,30). The minimum atomic E-state index is -3.84. The first-order chi connectivity index (χ1) is 15.2. The van der Waals surface area contributed by atoms with E-state index in [1.807, 2.05) is 0 Å². The van der Waals surface area contributed by atoms with Gasteiger partial charge in [0.25, 0.3) is 15.9 Å². The third kappa shape index (κ3) is 6.35. The number of thiophene rings is 1. The fourth-order valence-corrected chi connectivity index (χ4v) is 4.69. The highest BCUT2D eigenvalue weighted by atomic mass is 32.2. The van der Waals surface area contributed by atoms with E-state index in [1.54, 1.807) is 23.6 Å². The predicted molar refractivity (Wildman–Crippen MR) is 121 cm³/mol. The number of para-hydroxylation sites is 1. The van der Waals surface area contributed by atoms with Gasteiger partial charge in [0, 0.05) is 5.69 Å². The van der Waals surface area contributed by atoms with Crippen LogP contribution in [-0.2, 0) is 10.0 Å². The van der Waals surface area contributed by atoms with E-state index < -0.39 is 22.5 Å². The molecule has 168 valence electrons. The van der Waals surface area contributed by atoms with Crippen LogP contribution in [0.3, 0.4) is 0 Å². The van der Waals surface area contributed by atoms with Gasteiger partial charge in [-0.05, 0) is 60.1 Å². The van der Waals surface area contributed by atoms with Crippen LogP contribution in [0.4, 0.5) is 20.2 Å². The van der Waals surface area contributed by atoms with Crippen LogP contribution in [0.25, 0.3) is 0 Å². The van der Waals surface area contributed by atoms with Crippen molar-refractivity contribution in [2.75, 3.05) is 10.0 Å². The number of thiocarbonyl (C=S) groups is 1. The van der Waals surface area contributed by atoms with Gasteiger partial charge in [-0.3, -0.25) is 20.4 Å². The van der Waals surface area contributed by atoms with Crippen LogP contribution in [-0.4, -0.2) is 26.0 Å². The summed E-state index contributed by atoms with van der Waals surface area (Å²) in [6, 6.07) is 14.7. The molecule has 4 N–H and O–H groups in total. The number of alkyl halides is 2. The highest BCUT2D eigenvalue weighted by Gasteiger charge is 2.19. The van der Waals surface area contributed by atoms with E-state index in [1.165, 1.54) is 42.5 Å². The second-order valence-electron chi connectivity index (χ2n) is 6.02. The van der Waals surface area contributed by atoms with Gasteiger partial charge < -0.3 is 10.1 Å². The molecule has 1 amide bonds. The zero-order chi connectivity index (χ0) is 23.1. The molecule has 13 heteroatoms. The van der Waals surface area contributed by atoms with Crippen LogP contribution in [0.15, 0.2) is 70.3 Å². The third-order valence-corrected chi connectivity index (χ3v) is 6.77. The fourth-order valence-electron chi connectivity index (χ4n) is 2.44. The minimum absolute atomic E-state index is 0.0116. The number of carbonyl (C=O) groups is 1. The summed E-state index contributed by atoms with van der Waals surface area (Å²) in [7, 11) is -3.84. The van der Waals surface area contributed by atoms with Crippen LogP contribution >= 0.6 is 23.6 Å². The Bertz CT molecular complexity index is 1190. The summed E-state index contributed by atoms with van der Waals surface area (Å²) < 4.78 is 56.1. The average molecular weight is 499 g/mol. The van der Waals surface area contributed by atoms with Crippen molar-refractivity contribution in [3.05, 3.63) is 71.6 Å². The molecule has 8 nitrogen and oxygen atoms in total. The lowest BCUT2D eigenvalue weighted by atomic mass is 10.2. The van der Waals surface area contributed by atoms with E-state index in [2.05, 4.69) is 25.6 Å². The maximum Gasteiger partial charge on any atom is 0.387 e. The van der Waals surface area contributed by atoms with Gasteiger partial charge in [-0.2, -0.15) is 8.78 Å². The highest BCUT2D eigenvalue weighted by Crippen LogP contribution is 2.23. The summed E-state index contributed by atoms with van der Waals surface area (Å²) in [5.74, 6) is -0.654. The number of hydrogen-bond donors (Lipinski definition) is 4. The molecule has 0 radical (unpaired) electrons. The lowest BCUT2D eigenvalue weighted by Crippen LogP contribution is -2.44. The molecular formula is C19H16F2N4O4S3. The number of carbonyl (C=O) groups excluding carboxylic acids is 1. The van der Waals surface area contributed by atoms with Crippen LogP contribution in [0.2, 0.25) is 0 Å². The summed E-state index contributed by atoms with van der Waals surface area (Å²) in [5.41, 5.74) is 5.48. The Kier molecular flexibility index (Phi) is 7.56. The second kappa shape index (κ2) is 10.3.